The summed E-state index contributed by atoms with van der Waals surface area (Å²) in [6, 6.07) is 0. The van der Waals surface area contributed by atoms with Crippen LogP contribution in [0, 0.1) is 0 Å². The SMILES string of the molecule is COCOC1=CCO[C@H]2[C@@H]1OC[C@@H]2O. The molecule has 0 unspecified atom stereocenters. The van der Waals surface area contributed by atoms with Crippen molar-refractivity contribution in [3.8, 4) is 0 Å². The van der Waals surface area contributed by atoms with E-state index in [0.29, 0.717) is 19.0 Å². The molecule has 0 aromatic rings. The van der Waals surface area contributed by atoms with E-state index in [-0.39, 0.29) is 19.0 Å². The van der Waals surface area contributed by atoms with Crippen LogP contribution in [0.5, 0.6) is 0 Å². The molecule has 0 saturated carbocycles. The minimum absolute atomic E-state index is 0.189. The molecule has 0 aliphatic carbocycles. The molecule has 80 valence electrons. The number of ether oxygens (including phenoxy) is 4. The lowest BCUT2D eigenvalue weighted by Crippen LogP contribution is -2.38. The van der Waals surface area contributed by atoms with Gasteiger partial charge in [0.2, 0.25) is 0 Å². The summed E-state index contributed by atoms with van der Waals surface area (Å²) in [5.74, 6) is 0.694. The maximum atomic E-state index is 9.50. The van der Waals surface area contributed by atoms with Crippen LogP contribution in [0.2, 0.25) is 0 Å². The van der Waals surface area contributed by atoms with Crippen LogP contribution in [0.1, 0.15) is 0 Å². The summed E-state index contributed by atoms with van der Waals surface area (Å²) in [5.41, 5.74) is 0. The Kier molecular flexibility index (Phi) is 3.02. The second-order valence-electron chi connectivity index (χ2n) is 3.28. The average Bonchev–Trinajstić information content (AvgIpc) is 2.58. The highest BCUT2D eigenvalue weighted by Gasteiger charge is 2.42. The predicted molar refractivity (Wildman–Crippen MR) is 46.5 cm³/mol. The van der Waals surface area contributed by atoms with Gasteiger partial charge < -0.3 is 24.1 Å². The maximum absolute atomic E-state index is 9.50. The fourth-order valence-electron chi connectivity index (χ4n) is 1.66. The molecule has 14 heavy (non-hydrogen) atoms. The van der Waals surface area contributed by atoms with Crippen molar-refractivity contribution in [2.45, 2.75) is 18.3 Å². The summed E-state index contributed by atoms with van der Waals surface area (Å²) >= 11 is 0. The minimum atomic E-state index is -0.560. The molecule has 5 heteroatoms. The molecule has 2 aliphatic rings. The number of aliphatic hydroxyl groups excluding tert-OH is 1. The molecule has 1 saturated heterocycles. The van der Waals surface area contributed by atoms with E-state index in [9.17, 15) is 5.11 Å². The Morgan fingerprint density at radius 1 is 1.57 bits per heavy atom. The first kappa shape index (κ1) is 9.92. The van der Waals surface area contributed by atoms with Crippen LogP contribution >= 0.6 is 0 Å². The van der Waals surface area contributed by atoms with Gasteiger partial charge in [0.05, 0.1) is 13.2 Å². The molecule has 0 amide bonds. The van der Waals surface area contributed by atoms with Crippen LogP contribution in [-0.4, -0.2) is 50.5 Å². The van der Waals surface area contributed by atoms with Gasteiger partial charge in [-0.1, -0.05) is 0 Å². The molecular formula is C9H14O5. The van der Waals surface area contributed by atoms with Crippen LogP contribution in [-0.2, 0) is 18.9 Å². The second kappa shape index (κ2) is 4.27. The van der Waals surface area contributed by atoms with Gasteiger partial charge in [0, 0.05) is 7.11 Å². The fourth-order valence-corrected chi connectivity index (χ4v) is 1.66. The van der Waals surface area contributed by atoms with Crippen LogP contribution < -0.4 is 0 Å². The van der Waals surface area contributed by atoms with E-state index in [1.54, 1.807) is 13.2 Å². The quantitative estimate of drug-likeness (QED) is 0.634. The van der Waals surface area contributed by atoms with Gasteiger partial charge in [-0.15, -0.1) is 0 Å². The lowest BCUT2D eigenvalue weighted by molar-refractivity contribution is -0.0728. The zero-order chi connectivity index (χ0) is 9.97. The Hall–Kier alpha value is -0.620. The van der Waals surface area contributed by atoms with Gasteiger partial charge in [-0.3, -0.25) is 0 Å². The number of methoxy groups -OCH3 is 1. The highest BCUT2D eigenvalue weighted by molar-refractivity contribution is 5.11. The first-order valence-corrected chi connectivity index (χ1v) is 4.56. The molecule has 0 bridgehead atoms. The lowest BCUT2D eigenvalue weighted by atomic mass is 10.1. The van der Waals surface area contributed by atoms with Crippen molar-refractivity contribution in [3.63, 3.8) is 0 Å². The number of rotatable bonds is 3. The fraction of sp³-hybridized carbons (Fsp3) is 0.778. The standard InChI is InChI=1S/C9H14O5/c1-11-5-14-7-2-3-12-8-6(10)4-13-9(7)8/h2,6,8-10H,3-5H2,1H3/t6-,8+,9+/m0/s1. The summed E-state index contributed by atoms with van der Waals surface area (Å²) in [7, 11) is 1.56. The van der Waals surface area contributed by atoms with E-state index in [1.807, 2.05) is 0 Å². The summed E-state index contributed by atoms with van der Waals surface area (Å²) in [6.07, 6.45) is 0.661. The summed E-state index contributed by atoms with van der Waals surface area (Å²) in [4.78, 5) is 0. The van der Waals surface area contributed by atoms with Crippen molar-refractivity contribution in [2.24, 2.45) is 0 Å². The Bertz CT molecular complexity index is 227. The maximum Gasteiger partial charge on any atom is 0.188 e. The van der Waals surface area contributed by atoms with Gasteiger partial charge in [0.1, 0.15) is 24.1 Å². The summed E-state index contributed by atoms with van der Waals surface area (Å²) in [6.45, 7) is 0.929. The Balaban J connectivity index is 1.99. The molecule has 2 aliphatic heterocycles. The number of hydrogen-bond acceptors (Lipinski definition) is 5. The number of hydrogen-bond donors (Lipinski definition) is 1. The van der Waals surface area contributed by atoms with Crippen molar-refractivity contribution in [1.82, 2.24) is 0 Å². The zero-order valence-corrected chi connectivity index (χ0v) is 8.01. The normalized spacial score (nSPS) is 36.4. The van der Waals surface area contributed by atoms with E-state index < -0.39 is 6.10 Å². The van der Waals surface area contributed by atoms with Gasteiger partial charge >= 0.3 is 0 Å². The zero-order valence-electron chi connectivity index (χ0n) is 8.01. The molecule has 0 radical (unpaired) electrons. The molecule has 0 aromatic heterocycles. The van der Waals surface area contributed by atoms with E-state index in [1.165, 1.54) is 0 Å². The molecule has 1 fully saturated rings. The molecule has 0 spiro atoms. The van der Waals surface area contributed by atoms with Crippen molar-refractivity contribution in [2.75, 3.05) is 27.1 Å². The highest BCUT2D eigenvalue weighted by atomic mass is 16.7. The number of fused-ring (bicyclic) bond motifs is 1. The summed E-state index contributed by atoms with van der Waals surface area (Å²) in [5, 5.41) is 9.50. The van der Waals surface area contributed by atoms with Crippen molar-refractivity contribution in [1.29, 1.82) is 0 Å². The Morgan fingerprint density at radius 3 is 3.21 bits per heavy atom. The van der Waals surface area contributed by atoms with Crippen LogP contribution in [0.15, 0.2) is 11.8 Å². The molecule has 2 heterocycles. The summed E-state index contributed by atoms with van der Waals surface area (Å²) < 4.78 is 20.8. The monoisotopic (exact) mass is 202 g/mol. The first-order chi connectivity index (χ1) is 6.83. The third kappa shape index (κ3) is 1.76. The van der Waals surface area contributed by atoms with E-state index in [0.717, 1.165) is 0 Å². The predicted octanol–water partition coefficient (Wildman–Crippen LogP) is -0.351. The minimum Gasteiger partial charge on any atom is -0.469 e. The van der Waals surface area contributed by atoms with E-state index in [2.05, 4.69) is 0 Å². The van der Waals surface area contributed by atoms with Crippen LogP contribution in [0.4, 0.5) is 0 Å². The van der Waals surface area contributed by atoms with Gasteiger partial charge in [0.25, 0.3) is 0 Å². The van der Waals surface area contributed by atoms with Gasteiger partial charge in [0.15, 0.2) is 6.79 Å². The molecular weight excluding hydrogens is 188 g/mol. The largest absolute Gasteiger partial charge is 0.469 e. The van der Waals surface area contributed by atoms with E-state index in [4.69, 9.17) is 18.9 Å². The third-order valence-corrected chi connectivity index (χ3v) is 2.32. The van der Waals surface area contributed by atoms with Crippen molar-refractivity contribution < 1.29 is 24.1 Å². The molecule has 0 aromatic carbocycles. The smallest absolute Gasteiger partial charge is 0.188 e. The van der Waals surface area contributed by atoms with Gasteiger partial charge in [-0.05, 0) is 6.08 Å². The Morgan fingerprint density at radius 2 is 2.43 bits per heavy atom. The lowest BCUT2D eigenvalue weighted by Gasteiger charge is -2.26. The first-order valence-electron chi connectivity index (χ1n) is 4.56. The highest BCUT2D eigenvalue weighted by Crippen LogP contribution is 2.27. The Labute approximate surface area is 82.2 Å². The average molecular weight is 202 g/mol. The third-order valence-electron chi connectivity index (χ3n) is 2.32. The molecule has 5 nitrogen and oxygen atoms in total. The molecule has 3 atom stereocenters. The van der Waals surface area contributed by atoms with Gasteiger partial charge in [-0.25, -0.2) is 0 Å². The van der Waals surface area contributed by atoms with Crippen molar-refractivity contribution in [3.05, 3.63) is 11.8 Å². The second-order valence-corrected chi connectivity index (χ2v) is 3.28. The van der Waals surface area contributed by atoms with E-state index >= 15 is 0 Å². The topological polar surface area (TPSA) is 57.2 Å². The van der Waals surface area contributed by atoms with Crippen LogP contribution in [0.25, 0.3) is 0 Å². The van der Waals surface area contributed by atoms with Crippen molar-refractivity contribution >= 4 is 0 Å². The van der Waals surface area contributed by atoms with Crippen LogP contribution in [0.3, 0.4) is 0 Å². The molecule has 2 rings (SSSR count). The van der Waals surface area contributed by atoms with Gasteiger partial charge in [-0.2, -0.15) is 0 Å². The number of aliphatic hydroxyl groups is 1. The molecule has 1 N–H and O–H groups in total.